The molecule has 25 heavy (non-hydrogen) atoms. The fraction of sp³-hybridized carbons (Fsp3) is 0.278. The summed E-state index contributed by atoms with van der Waals surface area (Å²) in [7, 11) is 0.582. The molecule has 0 unspecified atom stereocenters. The van der Waals surface area contributed by atoms with Gasteiger partial charge in [0.1, 0.15) is 10.6 Å². The maximum Gasteiger partial charge on any atom is 0.255 e. The molecule has 0 saturated heterocycles. The SMILES string of the molecule is COc1ccc(NC(=O)c2cc(C)cc(C)c2)cc1S(=O)(=O)N(C)C. The summed E-state index contributed by atoms with van der Waals surface area (Å²) in [5, 5.41) is 2.74. The van der Waals surface area contributed by atoms with E-state index in [1.54, 1.807) is 18.2 Å². The number of anilines is 1. The monoisotopic (exact) mass is 362 g/mol. The van der Waals surface area contributed by atoms with Crippen LogP contribution in [-0.2, 0) is 10.0 Å². The summed E-state index contributed by atoms with van der Waals surface area (Å²) in [6, 6.07) is 10.1. The second kappa shape index (κ2) is 7.25. The highest BCUT2D eigenvalue weighted by molar-refractivity contribution is 7.89. The highest BCUT2D eigenvalue weighted by atomic mass is 32.2. The van der Waals surface area contributed by atoms with Gasteiger partial charge in [0.05, 0.1) is 7.11 Å². The molecule has 0 spiro atoms. The van der Waals surface area contributed by atoms with Crippen LogP contribution in [-0.4, -0.2) is 39.8 Å². The Hall–Kier alpha value is -2.38. The molecule has 0 aliphatic heterocycles. The topological polar surface area (TPSA) is 75.7 Å². The molecule has 1 N–H and O–H groups in total. The van der Waals surface area contributed by atoms with Crippen LogP contribution >= 0.6 is 0 Å². The second-order valence-corrected chi connectivity index (χ2v) is 8.10. The molecule has 0 atom stereocenters. The van der Waals surface area contributed by atoms with Gasteiger partial charge in [-0.1, -0.05) is 17.2 Å². The maximum absolute atomic E-state index is 12.5. The largest absolute Gasteiger partial charge is 0.495 e. The second-order valence-electron chi connectivity index (χ2n) is 5.98. The van der Waals surface area contributed by atoms with Crippen molar-refractivity contribution in [1.29, 1.82) is 0 Å². The van der Waals surface area contributed by atoms with Crippen LogP contribution in [0, 0.1) is 13.8 Å². The highest BCUT2D eigenvalue weighted by Crippen LogP contribution is 2.29. The van der Waals surface area contributed by atoms with Crippen molar-refractivity contribution in [3.8, 4) is 5.75 Å². The molecule has 0 aliphatic rings. The van der Waals surface area contributed by atoms with Gasteiger partial charge < -0.3 is 10.1 Å². The van der Waals surface area contributed by atoms with Crippen LogP contribution in [0.3, 0.4) is 0 Å². The molecule has 134 valence electrons. The van der Waals surface area contributed by atoms with Crippen molar-refractivity contribution in [3.05, 3.63) is 53.1 Å². The quantitative estimate of drug-likeness (QED) is 0.887. The fourth-order valence-electron chi connectivity index (χ4n) is 2.46. The molecular weight excluding hydrogens is 340 g/mol. The predicted molar refractivity (Wildman–Crippen MR) is 97.7 cm³/mol. The third-order valence-corrected chi connectivity index (χ3v) is 5.50. The summed E-state index contributed by atoms with van der Waals surface area (Å²) in [6.45, 7) is 3.83. The predicted octanol–water partition coefficient (Wildman–Crippen LogP) is 2.81. The third-order valence-electron chi connectivity index (χ3n) is 3.66. The molecule has 1 amide bonds. The van der Waals surface area contributed by atoms with Gasteiger partial charge in [-0.3, -0.25) is 4.79 Å². The van der Waals surface area contributed by atoms with Crippen LogP contribution < -0.4 is 10.1 Å². The number of rotatable bonds is 5. The molecule has 2 rings (SSSR count). The van der Waals surface area contributed by atoms with Crippen LogP contribution in [0.5, 0.6) is 5.75 Å². The molecule has 2 aromatic carbocycles. The van der Waals surface area contributed by atoms with Crippen molar-refractivity contribution in [3.63, 3.8) is 0 Å². The minimum Gasteiger partial charge on any atom is -0.495 e. The van der Waals surface area contributed by atoms with Gasteiger partial charge in [-0.25, -0.2) is 12.7 Å². The Bertz CT molecular complexity index is 885. The molecule has 0 aromatic heterocycles. The van der Waals surface area contributed by atoms with Gasteiger partial charge in [-0.2, -0.15) is 0 Å². The van der Waals surface area contributed by atoms with Crippen molar-refractivity contribution >= 4 is 21.6 Å². The number of methoxy groups -OCH3 is 1. The van der Waals surface area contributed by atoms with Gasteiger partial charge in [-0.05, 0) is 44.2 Å². The molecule has 0 bridgehead atoms. The van der Waals surface area contributed by atoms with E-state index in [4.69, 9.17) is 4.74 Å². The number of nitrogens with one attached hydrogen (secondary N) is 1. The number of aryl methyl sites for hydroxylation is 2. The summed E-state index contributed by atoms with van der Waals surface area (Å²) in [5.74, 6) is -0.0803. The molecule has 0 radical (unpaired) electrons. The number of hydrogen-bond donors (Lipinski definition) is 1. The molecule has 0 aliphatic carbocycles. The van der Waals surface area contributed by atoms with Gasteiger partial charge in [0, 0.05) is 25.3 Å². The van der Waals surface area contributed by atoms with Crippen molar-refractivity contribution < 1.29 is 17.9 Å². The first-order chi connectivity index (χ1) is 11.6. The number of carbonyl (C=O) groups is 1. The lowest BCUT2D eigenvalue weighted by Gasteiger charge is -2.16. The first kappa shape index (κ1) is 19.0. The molecule has 7 heteroatoms. The maximum atomic E-state index is 12.5. The summed E-state index contributed by atoms with van der Waals surface area (Å²) in [4.78, 5) is 12.5. The van der Waals surface area contributed by atoms with Gasteiger partial charge in [-0.15, -0.1) is 0 Å². The molecule has 0 saturated carbocycles. The summed E-state index contributed by atoms with van der Waals surface area (Å²) >= 11 is 0. The number of amides is 1. The van der Waals surface area contributed by atoms with Crippen LogP contribution in [0.15, 0.2) is 41.3 Å². The first-order valence-electron chi connectivity index (χ1n) is 7.65. The van der Waals surface area contributed by atoms with Crippen molar-refractivity contribution in [2.75, 3.05) is 26.5 Å². The molecular formula is C18H22N2O4S. The van der Waals surface area contributed by atoms with Gasteiger partial charge in [0.2, 0.25) is 10.0 Å². The van der Waals surface area contributed by atoms with E-state index >= 15 is 0 Å². The minimum absolute atomic E-state index is 0.00165. The zero-order chi connectivity index (χ0) is 18.8. The molecule has 0 fully saturated rings. The summed E-state index contributed by atoms with van der Waals surface area (Å²) in [5.41, 5.74) is 2.86. The number of benzene rings is 2. The lowest BCUT2D eigenvalue weighted by Crippen LogP contribution is -2.23. The lowest BCUT2D eigenvalue weighted by molar-refractivity contribution is 0.102. The van der Waals surface area contributed by atoms with E-state index in [1.165, 1.54) is 33.3 Å². The van der Waals surface area contributed by atoms with Crippen LogP contribution in [0.25, 0.3) is 0 Å². The van der Waals surface area contributed by atoms with E-state index in [9.17, 15) is 13.2 Å². The Morgan fingerprint density at radius 1 is 1.04 bits per heavy atom. The van der Waals surface area contributed by atoms with Gasteiger partial charge >= 0.3 is 0 Å². The number of nitrogens with zero attached hydrogens (tertiary/aromatic N) is 1. The van der Waals surface area contributed by atoms with E-state index in [2.05, 4.69) is 5.32 Å². The van der Waals surface area contributed by atoms with E-state index in [1.807, 2.05) is 19.9 Å². The standard InChI is InChI=1S/C18H22N2O4S/c1-12-8-13(2)10-14(9-12)18(21)19-15-6-7-16(24-5)17(11-15)25(22,23)20(3)4/h6-11H,1-5H3,(H,19,21). The number of hydrogen-bond acceptors (Lipinski definition) is 4. The lowest BCUT2D eigenvalue weighted by atomic mass is 10.1. The smallest absolute Gasteiger partial charge is 0.255 e. The fourth-order valence-corrected chi connectivity index (χ4v) is 3.54. The summed E-state index contributed by atoms with van der Waals surface area (Å²) in [6.07, 6.45) is 0. The van der Waals surface area contributed by atoms with E-state index in [0.29, 0.717) is 11.3 Å². The third kappa shape index (κ3) is 4.18. The van der Waals surface area contributed by atoms with Gasteiger partial charge in [0.15, 0.2) is 0 Å². The van der Waals surface area contributed by atoms with Crippen LogP contribution in [0.4, 0.5) is 5.69 Å². The number of ether oxygens (including phenoxy) is 1. The molecule has 6 nitrogen and oxygen atoms in total. The molecule has 2 aromatic rings. The summed E-state index contributed by atoms with van der Waals surface area (Å²) < 4.78 is 31.1. The van der Waals surface area contributed by atoms with E-state index in [0.717, 1.165) is 15.4 Å². The average Bonchev–Trinajstić information content (AvgIpc) is 2.53. The Morgan fingerprint density at radius 3 is 2.16 bits per heavy atom. The van der Waals surface area contributed by atoms with E-state index in [-0.39, 0.29) is 16.6 Å². The Kier molecular flexibility index (Phi) is 5.49. The Balaban J connectivity index is 2.39. The number of sulfonamides is 1. The zero-order valence-corrected chi connectivity index (χ0v) is 15.8. The Morgan fingerprint density at radius 2 is 1.64 bits per heavy atom. The van der Waals surface area contributed by atoms with Crippen LogP contribution in [0.1, 0.15) is 21.5 Å². The van der Waals surface area contributed by atoms with Crippen LogP contribution in [0.2, 0.25) is 0 Å². The zero-order valence-electron chi connectivity index (χ0n) is 15.0. The minimum atomic E-state index is -3.70. The van der Waals surface area contributed by atoms with Crippen molar-refractivity contribution in [2.45, 2.75) is 18.7 Å². The van der Waals surface area contributed by atoms with Crippen molar-refractivity contribution in [1.82, 2.24) is 4.31 Å². The molecule has 0 heterocycles. The highest BCUT2D eigenvalue weighted by Gasteiger charge is 2.23. The van der Waals surface area contributed by atoms with E-state index < -0.39 is 10.0 Å². The van der Waals surface area contributed by atoms with Crippen molar-refractivity contribution in [2.24, 2.45) is 0 Å². The first-order valence-corrected chi connectivity index (χ1v) is 9.09. The van der Waals surface area contributed by atoms with Gasteiger partial charge in [0.25, 0.3) is 5.91 Å². The Labute approximate surface area is 148 Å². The average molecular weight is 362 g/mol. The number of carbonyl (C=O) groups excluding carboxylic acids is 1. The normalized spacial score (nSPS) is 11.4.